The highest BCUT2D eigenvalue weighted by Crippen LogP contribution is 2.33. The third kappa shape index (κ3) is 2.72. The molecule has 0 saturated heterocycles. The topological polar surface area (TPSA) is 60.0 Å². The van der Waals surface area contributed by atoms with Crippen molar-refractivity contribution in [1.29, 1.82) is 0 Å². The fourth-order valence-electron chi connectivity index (χ4n) is 3.19. The van der Waals surface area contributed by atoms with Crippen molar-refractivity contribution in [3.8, 4) is 0 Å². The van der Waals surface area contributed by atoms with E-state index in [0.717, 1.165) is 18.8 Å². The Morgan fingerprint density at radius 2 is 2.04 bits per heavy atom. The molecular weight excluding hydrogens is 326 g/mol. The average Bonchev–Trinajstić information content (AvgIpc) is 3.15. The zero-order valence-electron chi connectivity index (χ0n) is 13.6. The van der Waals surface area contributed by atoms with Crippen molar-refractivity contribution < 1.29 is 4.42 Å². The highest BCUT2D eigenvalue weighted by molar-refractivity contribution is 6.29. The first-order valence-corrected chi connectivity index (χ1v) is 8.26. The first-order chi connectivity index (χ1) is 11.6. The van der Waals surface area contributed by atoms with Gasteiger partial charge >= 0.3 is 0 Å². The van der Waals surface area contributed by atoms with Crippen molar-refractivity contribution in [2.24, 2.45) is 7.05 Å². The molecule has 0 amide bonds. The molecule has 1 atom stereocenters. The number of imidazole rings is 1. The van der Waals surface area contributed by atoms with Gasteiger partial charge in [-0.1, -0.05) is 35.9 Å². The van der Waals surface area contributed by atoms with Gasteiger partial charge in [0.05, 0.1) is 18.8 Å². The summed E-state index contributed by atoms with van der Waals surface area (Å²) < 4.78 is 7.63. The van der Waals surface area contributed by atoms with Crippen LogP contribution in [0.2, 0.25) is 5.15 Å². The van der Waals surface area contributed by atoms with Crippen LogP contribution in [0, 0.1) is 6.92 Å². The van der Waals surface area contributed by atoms with Crippen molar-refractivity contribution in [3.05, 3.63) is 64.3 Å². The maximum atomic E-state index is 6.13. The molecular formula is C17H18ClN5O. The summed E-state index contributed by atoms with van der Waals surface area (Å²) in [7, 11) is 1.93. The zero-order chi connectivity index (χ0) is 16.7. The highest BCUT2D eigenvalue weighted by Gasteiger charge is 2.31. The molecule has 0 bridgehead atoms. The van der Waals surface area contributed by atoms with Crippen LogP contribution >= 0.6 is 11.6 Å². The number of aromatic nitrogens is 4. The second-order valence-electron chi connectivity index (χ2n) is 6.11. The summed E-state index contributed by atoms with van der Waals surface area (Å²) in [5.41, 5.74) is 2.65. The molecule has 2 aromatic heterocycles. The lowest BCUT2D eigenvalue weighted by molar-refractivity contribution is 0.132. The van der Waals surface area contributed by atoms with E-state index in [1.807, 2.05) is 18.5 Å². The van der Waals surface area contributed by atoms with E-state index in [1.165, 1.54) is 11.1 Å². The molecule has 0 fully saturated rings. The van der Waals surface area contributed by atoms with Gasteiger partial charge in [-0.2, -0.15) is 0 Å². The normalized spacial score (nSPS) is 17.9. The smallest absolute Gasteiger partial charge is 0.233 e. The number of fused-ring (bicyclic) bond motifs is 1. The van der Waals surface area contributed by atoms with Crippen molar-refractivity contribution in [1.82, 2.24) is 24.6 Å². The zero-order valence-corrected chi connectivity index (χ0v) is 14.4. The van der Waals surface area contributed by atoms with Gasteiger partial charge in [0.2, 0.25) is 11.8 Å². The first-order valence-electron chi connectivity index (χ1n) is 7.88. The number of nitrogens with zero attached hydrogens (tertiary/aromatic N) is 5. The van der Waals surface area contributed by atoms with Crippen LogP contribution in [-0.4, -0.2) is 24.6 Å². The van der Waals surface area contributed by atoms with Gasteiger partial charge in [0.1, 0.15) is 11.0 Å². The molecule has 0 N–H and O–H groups in total. The van der Waals surface area contributed by atoms with Crippen LogP contribution < -0.4 is 0 Å². The summed E-state index contributed by atoms with van der Waals surface area (Å²) in [5, 5.41) is 8.88. The Kier molecular flexibility index (Phi) is 3.86. The summed E-state index contributed by atoms with van der Waals surface area (Å²) in [6.07, 6.45) is 2.52. The molecule has 124 valence electrons. The molecule has 1 aliphatic rings. The Morgan fingerprint density at radius 1 is 1.25 bits per heavy atom. The van der Waals surface area contributed by atoms with E-state index in [0.29, 0.717) is 23.5 Å². The molecule has 1 aliphatic heterocycles. The number of halogens is 1. The Hall–Kier alpha value is -2.18. The Labute approximate surface area is 145 Å². The quantitative estimate of drug-likeness (QED) is 0.731. The van der Waals surface area contributed by atoms with Gasteiger partial charge in [0.25, 0.3) is 0 Å². The van der Waals surface area contributed by atoms with Crippen LogP contribution in [0.15, 0.2) is 34.9 Å². The van der Waals surface area contributed by atoms with Gasteiger partial charge in [-0.25, -0.2) is 4.98 Å². The summed E-state index contributed by atoms with van der Waals surface area (Å²) in [5.74, 6) is 2.16. The molecule has 6 nitrogen and oxygen atoms in total. The number of benzene rings is 1. The minimum atomic E-state index is 0.0385. The Morgan fingerprint density at radius 3 is 2.71 bits per heavy atom. The molecule has 3 aromatic rings. The fraction of sp³-hybridized carbons (Fsp3) is 0.353. The van der Waals surface area contributed by atoms with E-state index in [2.05, 4.69) is 44.3 Å². The monoisotopic (exact) mass is 343 g/mol. The maximum absolute atomic E-state index is 6.13. The third-order valence-electron chi connectivity index (χ3n) is 4.54. The molecule has 7 heteroatoms. The van der Waals surface area contributed by atoms with Crippen LogP contribution in [0.3, 0.4) is 0 Å². The van der Waals surface area contributed by atoms with E-state index >= 15 is 0 Å². The van der Waals surface area contributed by atoms with E-state index in [4.69, 9.17) is 16.0 Å². The Balaban J connectivity index is 1.69. The average molecular weight is 344 g/mol. The summed E-state index contributed by atoms with van der Waals surface area (Å²) >= 11 is 6.13. The molecule has 0 saturated carbocycles. The predicted octanol–water partition coefficient (Wildman–Crippen LogP) is 3.06. The SMILES string of the molecule is Cc1nnc([C@H]2Cc3ccccc3CN2Cc2ncc(Cl)n2C)o1. The molecule has 0 aliphatic carbocycles. The second kappa shape index (κ2) is 6.03. The summed E-state index contributed by atoms with van der Waals surface area (Å²) in [4.78, 5) is 6.73. The lowest BCUT2D eigenvalue weighted by Gasteiger charge is -2.34. The standard InChI is InChI=1S/C17H18ClN5O/c1-11-20-21-17(24-11)14-7-12-5-3-4-6-13(12)9-23(14)10-16-19-8-15(18)22(16)2/h3-6,8,14H,7,9-10H2,1-2H3/t14-/m1/s1. The molecule has 0 spiro atoms. The largest absolute Gasteiger partial charge is 0.424 e. The van der Waals surface area contributed by atoms with Gasteiger partial charge in [-0.15, -0.1) is 10.2 Å². The molecule has 0 radical (unpaired) electrons. The number of hydrogen-bond acceptors (Lipinski definition) is 5. The predicted molar refractivity (Wildman–Crippen MR) is 89.4 cm³/mol. The first kappa shape index (κ1) is 15.4. The lowest BCUT2D eigenvalue weighted by atomic mass is 9.94. The fourth-order valence-corrected chi connectivity index (χ4v) is 3.33. The molecule has 3 heterocycles. The van der Waals surface area contributed by atoms with Crippen LogP contribution in [-0.2, 0) is 26.6 Å². The van der Waals surface area contributed by atoms with Gasteiger partial charge in [-0.3, -0.25) is 4.90 Å². The van der Waals surface area contributed by atoms with E-state index in [9.17, 15) is 0 Å². The third-order valence-corrected chi connectivity index (χ3v) is 4.90. The van der Waals surface area contributed by atoms with Crippen molar-refractivity contribution in [2.75, 3.05) is 0 Å². The van der Waals surface area contributed by atoms with Crippen LogP contribution in [0.4, 0.5) is 0 Å². The van der Waals surface area contributed by atoms with Crippen LogP contribution in [0.5, 0.6) is 0 Å². The van der Waals surface area contributed by atoms with Crippen LogP contribution in [0.25, 0.3) is 0 Å². The van der Waals surface area contributed by atoms with Gasteiger partial charge in [-0.05, 0) is 17.5 Å². The summed E-state index contributed by atoms with van der Waals surface area (Å²) in [6.45, 7) is 3.30. The van der Waals surface area contributed by atoms with Gasteiger partial charge in [0, 0.05) is 20.5 Å². The van der Waals surface area contributed by atoms with E-state index in [-0.39, 0.29) is 6.04 Å². The Bertz CT molecular complexity index is 872. The maximum Gasteiger partial charge on any atom is 0.233 e. The highest BCUT2D eigenvalue weighted by atomic mass is 35.5. The number of hydrogen-bond donors (Lipinski definition) is 0. The van der Waals surface area contributed by atoms with Crippen molar-refractivity contribution >= 4 is 11.6 Å². The van der Waals surface area contributed by atoms with Gasteiger partial charge < -0.3 is 8.98 Å². The van der Waals surface area contributed by atoms with Crippen molar-refractivity contribution in [3.63, 3.8) is 0 Å². The van der Waals surface area contributed by atoms with E-state index in [1.54, 1.807) is 6.20 Å². The molecule has 4 rings (SSSR count). The van der Waals surface area contributed by atoms with Gasteiger partial charge in [0.15, 0.2) is 0 Å². The minimum absolute atomic E-state index is 0.0385. The molecule has 24 heavy (non-hydrogen) atoms. The summed E-state index contributed by atoms with van der Waals surface area (Å²) in [6, 6.07) is 8.52. The molecule has 0 unspecified atom stereocenters. The number of rotatable bonds is 3. The van der Waals surface area contributed by atoms with E-state index < -0.39 is 0 Å². The second-order valence-corrected chi connectivity index (χ2v) is 6.50. The lowest BCUT2D eigenvalue weighted by Crippen LogP contribution is -2.34. The minimum Gasteiger partial charge on any atom is -0.424 e. The number of aryl methyl sites for hydroxylation is 1. The van der Waals surface area contributed by atoms with Crippen LogP contribution in [0.1, 0.15) is 34.8 Å². The van der Waals surface area contributed by atoms with Crippen molar-refractivity contribution in [2.45, 2.75) is 32.5 Å². The molecule has 1 aromatic carbocycles.